The Morgan fingerprint density at radius 3 is 2.50 bits per heavy atom. The highest BCUT2D eigenvalue weighted by atomic mass is 35.5. The standard InChI is InChI=1S/C12H14ClN3OS/c13-8-3-5-9(6-4-8)15-12(17)16-10(11(14)18)7-1-2-7/h3-7,10H,1-2H2,(H2,14,18)(H2,15,16,17). The number of hydrogen-bond acceptors (Lipinski definition) is 2. The van der Waals surface area contributed by atoms with E-state index in [1.165, 1.54) is 0 Å². The van der Waals surface area contributed by atoms with Crippen LogP contribution in [0, 0.1) is 5.92 Å². The van der Waals surface area contributed by atoms with E-state index in [1.807, 2.05) is 0 Å². The highest BCUT2D eigenvalue weighted by Crippen LogP contribution is 2.32. The van der Waals surface area contributed by atoms with E-state index in [-0.39, 0.29) is 12.1 Å². The van der Waals surface area contributed by atoms with Crippen molar-refractivity contribution >= 4 is 40.5 Å². The molecule has 1 unspecified atom stereocenters. The number of halogens is 1. The molecule has 2 amide bonds. The van der Waals surface area contributed by atoms with Crippen LogP contribution in [-0.2, 0) is 0 Å². The molecule has 1 aromatic rings. The van der Waals surface area contributed by atoms with Crippen molar-refractivity contribution in [2.24, 2.45) is 11.7 Å². The lowest BCUT2D eigenvalue weighted by molar-refractivity contribution is 0.250. The first-order valence-electron chi connectivity index (χ1n) is 5.68. The predicted molar refractivity (Wildman–Crippen MR) is 76.9 cm³/mol. The van der Waals surface area contributed by atoms with Gasteiger partial charge < -0.3 is 16.4 Å². The third-order valence-electron chi connectivity index (χ3n) is 2.79. The number of carbonyl (C=O) groups excluding carboxylic acids is 1. The molecule has 1 aliphatic rings. The number of carbonyl (C=O) groups is 1. The second-order valence-electron chi connectivity index (χ2n) is 4.32. The molecule has 18 heavy (non-hydrogen) atoms. The highest BCUT2D eigenvalue weighted by Gasteiger charge is 2.34. The summed E-state index contributed by atoms with van der Waals surface area (Å²) in [5, 5.41) is 6.13. The molecule has 0 spiro atoms. The molecule has 0 radical (unpaired) electrons. The number of thiocarbonyl (C=S) groups is 1. The van der Waals surface area contributed by atoms with Gasteiger partial charge in [-0.25, -0.2) is 4.79 Å². The maximum absolute atomic E-state index is 11.8. The maximum atomic E-state index is 11.8. The normalized spacial score (nSPS) is 15.8. The molecular formula is C12H14ClN3OS. The molecular weight excluding hydrogens is 270 g/mol. The number of hydrogen-bond donors (Lipinski definition) is 3. The summed E-state index contributed by atoms with van der Waals surface area (Å²) in [5.41, 5.74) is 6.29. The van der Waals surface area contributed by atoms with E-state index < -0.39 is 0 Å². The number of nitrogens with one attached hydrogen (secondary N) is 2. The number of anilines is 1. The monoisotopic (exact) mass is 283 g/mol. The van der Waals surface area contributed by atoms with Gasteiger partial charge in [-0.15, -0.1) is 0 Å². The van der Waals surface area contributed by atoms with Crippen molar-refractivity contribution < 1.29 is 4.79 Å². The van der Waals surface area contributed by atoms with Gasteiger partial charge in [0.2, 0.25) is 0 Å². The topological polar surface area (TPSA) is 67.1 Å². The molecule has 0 saturated heterocycles. The molecule has 1 fully saturated rings. The van der Waals surface area contributed by atoms with Crippen LogP contribution in [0.4, 0.5) is 10.5 Å². The van der Waals surface area contributed by atoms with Crippen molar-refractivity contribution in [2.75, 3.05) is 5.32 Å². The van der Waals surface area contributed by atoms with Gasteiger partial charge >= 0.3 is 6.03 Å². The molecule has 1 saturated carbocycles. The highest BCUT2D eigenvalue weighted by molar-refractivity contribution is 7.80. The van der Waals surface area contributed by atoms with Crippen molar-refractivity contribution in [2.45, 2.75) is 18.9 Å². The zero-order valence-electron chi connectivity index (χ0n) is 9.65. The Balaban J connectivity index is 1.91. The second-order valence-corrected chi connectivity index (χ2v) is 5.23. The summed E-state index contributed by atoms with van der Waals surface area (Å²) in [6, 6.07) is 6.37. The molecule has 4 N–H and O–H groups in total. The SMILES string of the molecule is NC(=S)C(NC(=O)Nc1ccc(Cl)cc1)C1CC1. The first-order chi connectivity index (χ1) is 8.56. The minimum atomic E-state index is -0.304. The van der Waals surface area contributed by atoms with Gasteiger partial charge in [-0.05, 0) is 43.0 Å². The van der Waals surface area contributed by atoms with Crippen molar-refractivity contribution in [1.29, 1.82) is 0 Å². The summed E-state index contributed by atoms with van der Waals surface area (Å²) in [4.78, 5) is 12.1. The number of amides is 2. The van der Waals surface area contributed by atoms with Crippen LogP contribution >= 0.6 is 23.8 Å². The molecule has 0 aliphatic heterocycles. The van der Waals surface area contributed by atoms with E-state index in [1.54, 1.807) is 24.3 Å². The fourth-order valence-electron chi connectivity index (χ4n) is 1.69. The molecule has 4 nitrogen and oxygen atoms in total. The lowest BCUT2D eigenvalue weighted by atomic mass is 10.2. The third kappa shape index (κ3) is 3.58. The minimum absolute atomic E-state index is 0.215. The Hall–Kier alpha value is -1.33. The van der Waals surface area contributed by atoms with E-state index in [2.05, 4.69) is 10.6 Å². The quantitative estimate of drug-likeness (QED) is 0.744. The maximum Gasteiger partial charge on any atom is 0.319 e. The lowest BCUT2D eigenvalue weighted by Crippen LogP contribution is -2.46. The van der Waals surface area contributed by atoms with Crippen LogP contribution in [0.1, 0.15) is 12.8 Å². The van der Waals surface area contributed by atoms with E-state index in [0.29, 0.717) is 21.6 Å². The van der Waals surface area contributed by atoms with E-state index in [0.717, 1.165) is 12.8 Å². The number of urea groups is 1. The van der Waals surface area contributed by atoms with Crippen molar-refractivity contribution in [3.05, 3.63) is 29.3 Å². The predicted octanol–water partition coefficient (Wildman–Crippen LogP) is 2.53. The average Bonchev–Trinajstić information content (AvgIpc) is 3.13. The Labute approximate surface area is 116 Å². The zero-order chi connectivity index (χ0) is 13.1. The summed E-state index contributed by atoms with van der Waals surface area (Å²) < 4.78 is 0. The van der Waals surface area contributed by atoms with Crippen LogP contribution in [0.2, 0.25) is 5.02 Å². The van der Waals surface area contributed by atoms with Crippen LogP contribution in [0.15, 0.2) is 24.3 Å². The van der Waals surface area contributed by atoms with E-state index >= 15 is 0 Å². The van der Waals surface area contributed by atoms with E-state index in [4.69, 9.17) is 29.6 Å². The van der Waals surface area contributed by atoms with Gasteiger partial charge in [0.15, 0.2) is 0 Å². The number of rotatable bonds is 4. The number of benzene rings is 1. The van der Waals surface area contributed by atoms with Crippen LogP contribution < -0.4 is 16.4 Å². The van der Waals surface area contributed by atoms with Gasteiger partial charge in [-0.3, -0.25) is 0 Å². The third-order valence-corrected chi connectivity index (χ3v) is 3.29. The summed E-state index contributed by atoms with van der Waals surface area (Å²) in [6.07, 6.45) is 2.12. The average molecular weight is 284 g/mol. The van der Waals surface area contributed by atoms with Crippen LogP contribution in [0.25, 0.3) is 0 Å². The van der Waals surface area contributed by atoms with Gasteiger partial charge in [0.25, 0.3) is 0 Å². The van der Waals surface area contributed by atoms with E-state index in [9.17, 15) is 4.79 Å². The molecule has 1 atom stereocenters. The molecule has 6 heteroatoms. The van der Waals surface area contributed by atoms with Crippen LogP contribution in [0.5, 0.6) is 0 Å². The van der Waals surface area contributed by atoms with Gasteiger partial charge in [-0.2, -0.15) is 0 Å². The molecule has 0 aromatic heterocycles. The summed E-state index contributed by atoms with van der Waals surface area (Å²) in [7, 11) is 0. The van der Waals surface area contributed by atoms with Gasteiger partial charge in [0, 0.05) is 10.7 Å². The Bertz CT molecular complexity index is 459. The van der Waals surface area contributed by atoms with Crippen molar-refractivity contribution in [3.63, 3.8) is 0 Å². The van der Waals surface area contributed by atoms with Crippen LogP contribution in [-0.4, -0.2) is 17.1 Å². The first kappa shape index (κ1) is 13.1. The lowest BCUT2D eigenvalue weighted by Gasteiger charge is -2.17. The van der Waals surface area contributed by atoms with Crippen molar-refractivity contribution in [1.82, 2.24) is 5.32 Å². The molecule has 0 heterocycles. The fraction of sp³-hybridized carbons (Fsp3) is 0.333. The summed E-state index contributed by atoms with van der Waals surface area (Å²) >= 11 is 10.7. The smallest absolute Gasteiger partial charge is 0.319 e. The second kappa shape index (κ2) is 5.54. The van der Waals surface area contributed by atoms with Crippen LogP contribution in [0.3, 0.4) is 0 Å². The molecule has 1 aromatic carbocycles. The van der Waals surface area contributed by atoms with Crippen molar-refractivity contribution in [3.8, 4) is 0 Å². The Kier molecular flexibility index (Phi) is 4.04. The Morgan fingerprint density at radius 1 is 1.39 bits per heavy atom. The molecule has 0 bridgehead atoms. The first-order valence-corrected chi connectivity index (χ1v) is 6.47. The van der Waals surface area contributed by atoms with Gasteiger partial charge in [-0.1, -0.05) is 23.8 Å². The molecule has 96 valence electrons. The largest absolute Gasteiger partial charge is 0.392 e. The number of nitrogens with two attached hydrogens (primary N) is 1. The fourth-order valence-corrected chi connectivity index (χ4v) is 2.07. The minimum Gasteiger partial charge on any atom is -0.392 e. The molecule has 2 rings (SSSR count). The Morgan fingerprint density at radius 2 is 2.00 bits per heavy atom. The zero-order valence-corrected chi connectivity index (χ0v) is 11.2. The van der Waals surface area contributed by atoms with Gasteiger partial charge in [0.05, 0.1) is 11.0 Å². The van der Waals surface area contributed by atoms with Gasteiger partial charge in [0.1, 0.15) is 0 Å². The summed E-state index contributed by atoms with van der Waals surface area (Å²) in [5.74, 6) is 0.387. The molecule has 1 aliphatic carbocycles. The summed E-state index contributed by atoms with van der Waals surface area (Å²) in [6.45, 7) is 0.